The van der Waals surface area contributed by atoms with E-state index in [0.717, 1.165) is 31.2 Å². The quantitative estimate of drug-likeness (QED) is 0.826. The lowest BCUT2D eigenvalue weighted by Crippen LogP contribution is -2.46. The average molecular weight is 371 g/mol. The minimum absolute atomic E-state index is 0.0298. The van der Waals surface area contributed by atoms with Gasteiger partial charge in [0.25, 0.3) is 0 Å². The molecule has 1 aliphatic rings. The predicted octanol–water partition coefficient (Wildman–Crippen LogP) is 3.83. The summed E-state index contributed by atoms with van der Waals surface area (Å²) in [5.41, 5.74) is 0.942. The fourth-order valence-corrected chi connectivity index (χ4v) is 3.66. The summed E-state index contributed by atoms with van der Waals surface area (Å²) in [4.78, 5) is 25.7. The number of benzene rings is 1. The van der Waals surface area contributed by atoms with Crippen LogP contribution in [0, 0.1) is 0 Å². The van der Waals surface area contributed by atoms with Gasteiger partial charge in [0.05, 0.1) is 6.54 Å². The lowest BCUT2D eigenvalue weighted by molar-refractivity contribution is -0.137. The van der Waals surface area contributed by atoms with Gasteiger partial charge in [-0.15, -0.1) is 0 Å². The van der Waals surface area contributed by atoms with Crippen molar-refractivity contribution in [1.29, 1.82) is 0 Å². The molecular formula is C18H24Cl2N2O2. The van der Waals surface area contributed by atoms with Gasteiger partial charge in [0, 0.05) is 29.6 Å². The second-order valence-corrected chi connectivity index (χ2v) is 7.12. The number of carbonyl (C=O) groups excluding carboxylic acids is 2. The zero-order chi connectivity index (χ0) is 17.5. The molecule has 0 aliphatic heterocycles. The zero-order valence-electron chi connectivity index (χ0n) is 14.0. The van der Waals surface area contributed by atoms with Gasteiger partial charge in [-0.3, -0.25) is 9.59 Å². The first-order valence-electron chi connectivity index (χ1n) is 8.45. The fraction of sp³-hybridized carbons (Fsp3) is 0.556. The monoisotopic (exact) mass is 370 g/mol. The summed E-state index contributed by atoms with van der Waals surface area (Å²) in [6.45, 7) is 2.15. The van der Waals surface area contributed by atoms with Crippen LogP contribution in [0.15, 0.2) is 18.2 Å². The zero-order valence-corrected chi connectivity index (χ0v) is 15.5. The number of rotatable bonds is 6. The summed E-state index contributed by atoms with van der Waals surface area (Å²) in [5, 5.41) is 4.07. The molecule has 1 aromatic rings. The molecule has 0 atom stereocenters. The largest absolute Gasteiger partial charge is 0.354 e. The van der Waals surface area contributed by atoms with Crippen LogP contribution in [0.1, 0.15) is 44.6 Å². The first kappa shape index (κ1) is 19.1. The van der Waals surface area contributed by atoms with Crippen molar-refractivity contribution in [1.82, 2.24) is 10.2 Å². The van der Waals surface area contributed by atoms with E-state index in [1.54, 1.807) is 17.0 Å². The van der Waals surface area contributed by atoms with E-state index in [0.29, 0.717) is 23.0 Å². The third-order valence-corrected chi connectivity index (χ3v) is 5.05. The van der Waals surface area contributed by atoms with Crippen LogP contribution in [0.25, 0.3) is 0 Å². The topological polar surface area (TPSA) is 49.4 Å². The van der Waals surface area contributed by atoms with Gasteiger partial charge >= 0.3 is 0 Å². The summed E-state index contributed by atoms with van der Waals surface area (Å²) >= 11 is 12.0. The maximum atomic E-state index is 12.2. The summed E-state index contributed by atoms with van der Waals surface area (Å²) in [6, 6.07) is 5.54. The summed E-state index contributed by atoms with van der Waals surface area (Å²) < 4.78 is 0. The number of carbonyl (C=O) groups is 2. The van der Waals surface area contributed by atoms with Crippen LogP contribution < -0.4 is 5.32 Å². The van der Waals surface area contributed by atoms with E-state index in [1.165, 1.54) is 13.3 Å². The van der Waals surface area contributed by atoms with Crippen LogP contribution in [0.2, 0.25) is 10.0 Å². The van der Waals surface area contributed by atoms with E-state index in [1.807, 2.05) is 6.07 Å². The molecule has 2 rings (SSSR count). The van der Waals surface area contributed by atoms with Crippen molar-refractivity contribution >= 4 is 35.0 Å². The molecule has 0 spiro atoms. The molecular weight excluding hydrogens is 347 g/mol. The molecule has 0 unspecified atom stereocenters. The Bertz CT molecular complexity index is 586. The predicted molar refractivity (Wildman–Crippen MR) is 97.4 cm³/mol. The minimum Gasteiger partial charge on any atom is -0.354 e. The number of hydrogen-bond acceptors (Lipinski definition) is 2. The van der Waals surface area contributed by atoms with Crippen LogP contribution in [-0.2, 0) is 16.0 Å². The molecule has 6 heteroatoms. The number of halogens is 2. The Balaban J connectivity index is 1.81. The average Bonchev–Trinajstić information content (AvgIpc) is 2.55. The van der Waals surface area contributed by atoms with Gasteiger partial charge in [-0.25, -0.2) is 0 Å². The van der Waals surface area contributed by atoms with E-state index < -0.39 is 0 Å². The number of nitrogens with one attached hydrogen (secondary N) is 1. The molecule has 2 amide bonds. The molecule has 24 heavy (non-hydrogen) atoms. The molecule has 0 radical (unpaired) electrons. The Labute approximate surface area is 153 Å². The summed E-state index contributed by atoms with van der Waals surface area (Å²) in [6.07, 6.45) is 6.10. The second kappa shape index (κ2) is 9.28. The van der Waals surface area contributed by atoms with Gasteiger partial charge in [-0.05, 0) is 37.0 Å². The lowest BCUT2D eigenvalue weighted by Gasteiger charge is -2.33. The minimum atomic E-state index is -0.124. The number of nitrogens with zero attached hydrogens (tertiary/aromatic N) is 1. The molecule has 0 saturated heterocycles. The van der Waals surface area contributed by atoms with Crippen molar-refractivity contribution in [2.24, 2.45) is 0 Å². The number of amides is 2. The van der Waals surface area contributed by atoms with Gasteiger partial charge < -0.3 is 10.2 Å². The maximum Gasteiger partial charge on any atom is 0.239 e. The van der Waals surface area contributed by atoms with E-state index in [2.05, 4.69) is 5.32 Å². The second-order valence-electron chi connectivity index (χ2n) is 6.27. The van der Waals surface area contributed by atoms with E-state index in [9.17, 15) is 9.59 Å². The van der Waals surface area contributed by atoms with E-state index >= 15 is 0 Å². The Morgan fingerprint density at radius 2 is 1.92 bits per heavy atom. The van der Waals surface area contributed by atoms with Crippen molar-refractivity contribution in [2.45, 2.75) is 51.5 Å². The highest BCUT2D eigenvalue weighted by Crippen LogP contribution is 2.23. The molecule has 1 N–H and O–H groups in total. The van der Waals surface area contributed by atoms with Gasteiger partial charge in [0.1, 0.15) is 0 Å². The molecule has 1 saturated carbocycles. The summed E-state index contributed by atoms with van der Waals surface area (Å²) in [7, 11) is 0. The van der Waals surface area contributed by atoms with E-state index in [-0.39, 0.29) is 24.4 Å². The molecule has 4 nitrogen and oxygen atoms in total. The highest BCUT2D eigenvalue weighted by atomic mass is 35.5. The first-order valence-corrected chi connectivity index (χ1v) is 9.21. The standard InChI is InChI=1S/C18H24Cl2N2O2/c1-13(23)22(16-5-3-2-4-6-16)12-18(24)21-10-9-14-7-8-15(19)11-17(14)20/h7-8,11,16H,2-6,9-10,12H2,1H3,(H,21,24). The molecule has 132 valence electrons. The summed E-state index contributed by atoms with van der Waals surface area (Å²) in [5.74, 6) is -0.154. The Kier molecular flexibility index (Phi) is 7.38. The van der Waals surface area contributed by atoms with Crippen LogP contribution in [-0.4, -0.2) is 35.8 Å². The third kappa shape index (κ3) is 5.67. The van der Waals surface area contributed by atoms with Crippen LogP contribution >= 0.6 is 23.2 Å². The van der Waals surface area contributed by atoms with Gasteiger partial charge in [-0.2, -0.15) is 0 Å². The van der Waals surface area contributed by atoms with Gasteiger partial charge in [0.2, 0.25) is 11.8 Å². The first-order chi connectivity index (χ1) is 11.5. The Morgan fingerprint density at radius 3 is 2.54 bits per heavy atom. The number of hydrogen-bond donors (Lipinski definition) is 1. The Morgan fingerprint density at radius 1 is 1.21 bits per heavy atom. The smallest absolute Gasteiger partial charge is 0.239 e. The highest BCUT2D eigenvalue weighted by molar-refractivity contribution is 6.35. The van der Waals surface area contributed by atoms with Crippen LogP contribution in [0.4, 0.5) is 0 Å². The van der Waals surface area contributed by atoms with Crippen molar-refractivity contribution in [3.8, 4) is 0 Å². The van der Waals surface area contributed by atoms with Crippen LogP contribution in [0.5, 0.6) is 0 Å². The maximum absolute atomic E-state index is 12.2. The van der Waals surface area contributed by atoms with Crippen LogP contribution in [0.3, 0.4) is 0 Å². The fourth-order valence-electron chi connectivity index (χ4n) is 3.16. The van der Waals surface area contributed by atoms with Gasteiger partial charge in [-0.1, -0.05) is 48.5 Å². The molecule has 0 heterocycles. The molecule has 1 fully saturated rings. The Hall–Kier alpha value is -1.26. The van der Waals surface area contributed by atoms with Crippen molar-refractivity contribution in [3.05, 3.63) is 33.8 Å². The van der Waals surface area contributed by atoms with Gasteiger partial charge in [0.15, 0.2) is 0 Å². The van der Waals surface area contributed by atoms with Crippen molar-refractivity contribution < 1.29 is 9.59 Å². The highest BCUT2D eigenvalue weighted by Gasteiger charge is 2.24. The molecule has 1 aromatic carbocycles. The van der Waals surface area contributed by atoms with Crippen molar-refractivity contribution in [2.75, 3.05) is 13.1 Å². The third-order valence-electron chi connectivity index (χ3n) is 4.47. The lowest BCUT2D eigenvalue weighted by atomic mass is 9.94. The van der Waals surface area contributed by atoms with Crippen molar-refractivity contribution in [3.63, 3.8) is 0 Å². The molecule has 1 aliphatic carbocycles. The normalized spacial score (nSPS) is 15.1. The molecule has 0 bridgehead atoms. The van der Waals surface area contributed by atoms with E-state index in [4.69, 9.17) is 23.2 Å². The SMILES string of the molecule is CC(=O)N(CC(=O)NCCc1ccc(Cl)cc1Cl)C1CCCCC1. The molecule has 0 aromatic heterocycles.